The van der Waals surface area contributed by atoms with Crippen molar-refractivity contribution < 1.29 is 5.11 Å². The van der Waals surface area contributed by atoms with E-state index in [0.29, 0.717) is 0 Å². The van der Waals surface area contributed by atoms with E-state index in [-0.39, 0.29) is 12.0 Å². The third kappa shape index (κ3) is 1.53. The molecule has 0 saturated heterocycles. The van der Waals surface area contributed by atoms with Crippen molar-refractivity contribution in [2.75, 3.05) is 0 Å². The summed E-state index contributed by atoms with van der Waals surface area (Å²) >= 11 is 0. The van der Waals surface area contributed by atoms with E-state index in [0.717, 1.165) is 29.3 Å². The van der Waals surface area contributed by atoms with E-state index in [1.165, 1.54) is 38.5 Å². The summed E-state index contributed by atoms with van der Waals surface area (Å²) in [5.74, 6) is 3.76. The van der Waals surface area contributed by atoms with Gasteiger partial charge in [-0.1, -0.05) is 0 Å². The molecule has 3 heteroatoms. The fourth-order valence-corrected chi connectivity index (χ4v) is 5.12. The van der Waals surface area contributed by atoms with Gasteiger partial charge in [-0.15, -0.1) is 0 Å². The van der Waals surface area contributed by atoms with Crippen LogP contribution in [0.1, 0.15) is 50.0 Å². The second-order valence-corrected chi connectivity index (χ2v) is 6.73. The first-order chi connectivity index (χ1) is 8.77. The number of aromatic nitrogens is 2. The lowest BCUT2D eigenvalue weighted by Crippen LogP contribution is -2.49. The maximum absolute atomic E-state index is 9.25. The predicted octanol–water partition coefficient (Wildman–Crippen LogP) is 2.44. The smallest absolute Gasteiger partial charge is 0.134 e. The van der Waals surface area contributed by atoms with Gasteiger partial charge in [0.2, 0.25) is 0 Å². The molecule has 4 aliphatic rings. The molecule has 3 nitrogen and oxygen atoms in total. The SMILES string of the molecule is OCc1ccnc(C23CC4CC(CC(C4)C2)C3)n1. The van der Waals surface area contributed by atoms with Gasteiger partial charge < -0.3 is 5.11 Å². The van der Waals surface area contributed by atoms with Crippen LogP contribution in [0.25, 0.3) is 0 Å². The second kappa shape index (κ2) is 3.77. The van der Waals surface area contributed by atoms with Gasteiger partial charge in [0.15, 0.2) is 0 Å². The molecule has 4 bridgehead atoms. The van der Waals surface area contributed by atoms with Gasteiger partial charge >= 0.3 is 0 Å². The molecule has 1 N–H and O–H groups in total. The third-order valence-corrected chi connectivity index (χ3v) is 5.39. The average molecular weight is 244 g/mol. The van der Waals surface area contributed by atoms with Crippen LogP contribution in [0.15, 0.2) is 12.3 Å². The fourth-order valence-electron chi connectivity index (χ4n) is 5.12. The molecule has 4 aliphatic carbocycles. The molecule has 0 amide bonds. The van der Waals surface area contributed by atoms with Crippen LogP contribution in [0.3, 0.4) is 0 Å². The summed E-state index contributed by atoms with van der Waals surface area (Å²) in [6, 6.07) is 1.82. The highest BCUT2D eigenvalue weighted by atomic mass is 16.3. The van der Waals surface area contributed by atoms with Crippen molar-refractivity contribution in [3.63, 3.8) is 0 Å². The molecule has 0 spiro atoms. The molecule has 1 aromatic heterocycles. The van der Waals surface area contributed by atoms with Crippen molar-refractivity contribution in [2.45, 2.75) is 50.5 Å². The summed E-state index contributed by atoms with van der Waals surface area (Å²) in [6.45, 7) is 0.0296. The van der Waals surface area contributed by atoms with E-state index in [2.05, 4.69) is 9.97 Å². The van der Waals surface area contributed by atoms with Crippen LogP contribution in [-0.2, 0) is 12.0 Å². The number of aliphatic hydroxyl groups excluding tert-OH is 1. The molecular formula is C15H20N2O. The highest BCUT2D eigenvalue weighted by Crippen LogP contribution is 2.60. The minimum absolute atomic E-state index is 0.0296. The molecule has 1 heterocycles. The van der Waals surface area contributed by atoms with Crippen LogP contribution in [-0.4, -0.2) is 15.1 Å². The van der Waals surface area contributed by atoms with Crippen molar-refractivity contribution in [1.29, 1.82) is 0 Å². The predicted molar refractivity (Wildman–Crippen MR) is 67.8 cm³/mol. The zero-order valence-electron chi connectivity index (χ0n) is 10.7. The van der Waals surface area contributed by atoms with Crippen LogP contribution >= 0.6 is 0 Å². The van der Waals surface area contributed by atoms with E-state index in [1.54, 1.807) is 0 Å². The number of nitrogens with zero attached hydrogens (tertiary/aromatic N) is 2. The van der Waals surface area contributed by atoms with Gasteiger partial charge in [0.05, 0.1) is 12.3 Å². The Balaban J connectivity index is 1.74. The first-order valence-corrected chi connectivity index (χ1v) is 7.21. The number of hydrogen-bond acceptors (Lipinski definition) is 3. The summed E-state index contributed by atoms with van der Waals surface area (Å²) in [5, 5.41) is 9.25. The van der Waals surface area contributed by atoms with E-state index in [4.69, 9.17) is 0 Å². The molecule has 4 fully saturated rings. The molecule has 1 aromatic rings. The topological polar surface area (TPSA) is 46.0 Å². The van der Waals surface area contributed by atoms with E-state index < -0.39 is 0 Å². The van der Waals surface area contributed by atoms with Crippen LogP contribution < -0.4 is 0 Å². The van der Waals surface area contributed by atoms with E-state index >= 15 is 0 Å². The highest BCUT2D eigenvalue weighted by molar-refractivity contribution is 5.18. The van der Waals surface area contributed by atoms with Gasteiger partial charge in [-0.05, 0) is 62.3 Å². The summed E-state index contributed by atoms with van der Waals surface area (Å²) in [6.07, 6.45) is 10.0. The van der Waals surface area contributed by atoms with Gasteiger partial charge in [-0.2, -0.15) is 0 Å². The third-order valence-electron chi connectivity index (χ3n) is 5.39. The summed E-state index contributed by atoms with van der Waals surface area (Å²) < 4.78 is 0. The quantitative estimate of drug-likeness (QED) is 0.869. The number of rotatable bonds is 2. The van der Waals surface area contributed by atoms with E-state index in [9.17, 15) is 5.11 Å². The van der Waals surface area contributed by atoms with Gasteiger partial charge in [0, 0.05) is 11.6 Å². The molecule has 5 rings (SSSR count). The molecule has 0 aromatic carbocycles. The normalized spacial score (nSPS) is 41.3. The van der Waals surface area contributed by atoms with Crippen molar-refractivity contribution in [3.8, 4) is 0 Å². The van der Waals surface area contributed by atoms with Crippen molar-refractivity contribution in [1.82, 2.24) is 9.97 Å². The largest absolute Gasteiger partial charge is 0.390 e. The van der Waals surface area contributed by atoms with Crippen LogP contribution in [0.5, 0.6) is 0 Å². The minimum atomic E-state index is 0.0296. The molecule has 0 unspecified atom stereocenters. The van der Waals surface area contributed by atoms with Crippen molar-refractivity contribution in [2.24, 2.45) is 17.8 Å². The Kier molecular flexibility index (Phi) is 2.28. The van der Waals surface area contributed by atoms with Crippen LogP contribution in [0.2, 0.25) is 0 Å². The molecular weight excluding hydrogens is 224 g/mol. The summed E-state index contributed by atoms with van der Waals surface area (Å²) in [7, 11) is 0. The first kappa shape index (κ1) is 10.9. The molecule has 4 saturated carbocycles. The lowest BCUT2D eigenvalue weighted by atomic mass is 9.49. The minimum Gasteiger partial charge on any atom is -0.390 e. The maximum Gasteiger partial charge on any atom is 0.134 e. The van der Waals surface area contributed by atoms with Crippen LogP contribution in [0.4, 0.5) is 0 Å². The summed E-state index contributed by atoms with van der Waals surface area (Å²) in [5.41, 5.74) is 1.02. The Morgan fingerprint density at radius 1 is 1.11 bits per heavy atom. The average Bonchev–Trinajstić information content (AvgIpc) is 2.37. The molecule has 0 aliphatic heterocycles. The fraction of sp³-hybridized carbons (Fsp3) is 0.733. The second-order valence-electron chi connectivity index (χ2n) is 6.73. The van der Waals surface area contributed by atoms with Crippen molar-refractivity contribution >= 4 is 0 Å². The van der Waals surface area contributed by atoms with Gasteiger partial charge in [-0.3, -0.25) is 0 Å². The van der Waals surface area contributed by atoms with Gasteiger partial charge in [-0.25, -0.2) is 9.97 Å². The zero-order chi connectivity index (χ0) is 12.2. The summed E-state index contributed by atoms with van der Waals surface area (Å²) in [4.78, 5) is 9.18. The standard InChI is InChI=1S/C15H20N2O/c18-9-13-1-2-16-14(17-13)15-6-10-3-11(7-15)5-12(4-10)8-15/h1-2,10-12,18H,3-9H2. The Morgan fingerprint density at radius 2 is 1.72 bits per heavy atom. The Morgan fingerprint density at radius 3 is 2.28 bits per heavy atom. The van der Waals surface area contributed by atoms with Gasteiger partial charge in [0.1, 0.15) is 5.82 Å². The monoisotopic (exact) mass is 244 g/mol. The van der Waals surface area contributed by atoms with Gasteiger partial charge in [0.25, 0.3) is 0 Å². The number of aliphatic hydroxyl groups is 1. The first-order valence-electron chi connectivity index (χ1n) is 7.21. The van der Waals surface area contributed by atoms with Crippen LogP contribution in [0, 0.1) is 17.8 Å². The van der Waals surface area contributed by atoms with Crippen molar-refractivity contribution in [3.05, 3.63) is 23.8 Å². The highest BCUT2D eigenvalue weighted by Gasteiger charge is 2.53. The zero-order valence-corrected chi connectivity index (χ0v) is 10.7. The molecule has 0 atom stereocenters. The molecule has 0 radical (unpaired) electrons. The Labute approximate surface area is 108 Å². The Bertz CT molecular complexity index is 436. The van der Waals surface area contributed by atoms with E-state index in [1.807, 2.05) is 12.3 Å². The number of hydrogen-bond donors (Lipinski definition) is 1. The maximum atomic E-state index is 9.25. The molecule has 96 valence electrons. The Hall–Kier alpha value is -0.960. The molecule has 18 heavy (non-hydrogen) atoms. The lowest BCUT2D eigenvalue weighted by molar-refractivity contribution is -0.00958. The lowest BCUT2D eigenvalue weighted by Gasteiger charge is -2.56.